The van der Waals surface area contributed by atoms with Crippen LogP contribution in [0.1, 0.15) is 63.6 Å². The zero-order valence-corrected chi connectivity index (χ0v) is 20.5. The Bertz CT molecular complexity index is 1040. The summed E-state index contributed by atoms with van der Waals surface area (Å²) in [7, 11) is 0. The molecule has 0 aromatic carbocycles. The van der Waals surface area contributed by atoms with Gasteiger partial charge in [-0.05, 0) is 57.6 Å². The van der Waals surface area contributed by atoms with Crippen LogP contribution >= 0.6 is 24.0 Å². The first-order chi connectivity index (χ1) is 14.7. The van der Waals surface area contributed by atoms with Crippen molar-refractivity contribution in [2.24, 2.45) is 5.92 Å². The lowest BCUT2D eigenvalue weighted by molar-refractivity contribution is -0.123. The molecule has 3 heterocycles. The topological polar surface area (TPSA) is 69.3 Å². The van der Waals surface area contributed by atoms with Crippen LogP contribution in [0.5, 0.6) is 0 Å². The molecule has 0 aliphatic carbocycles. The van der Waals surface area contributed by atoms with Gasteiger partial charge in [0.05, 0.1) is 4.91 Å². The summed E-state index contributed by atoms with van der Waals surface area (Å²) in [5.74, 6) is 1.22. The molecule has 2 fully saturated rings. The summed E-state index contributed by atoms with van der Waals surface area (Å²) < 4.78 is 2.28. The van der Waals surface area contributed by atoms with Crippen LogP contribution in [-0.4, -0.2) is 38.8 Å². The van der Waals surface area contributed by atoms with Gasteiger partial charge in [0.25, 0.3) is 11.5 Å². The average molecular weight is 459 g/mol. The molecule has 31 heavy (non-hydrogen) atoms. The van der Waals surface area contributed by atoms with Crippen LogP contribution in [0.3, 0.4) is 0 Å². The largest absolute Gasteiger partial charge is 0.357 e. The van der Waals surface area contributed by atoms with Crippen LogP contribution < -0.4 is 10.5 Å². The van der Waals surface area contributed by atoms with E-state index >= 15 is 0 Å². The van der Waals surface area contributed by atoms with Gasteiger partial charge < -0.3 is 4.90 Å². The molecule has 3 rings (SSSR count). The first-order valence-electron chi connectivity index (χ1n) is 10.9. The Balaban J connectivity index is 2.27. The number of hydrogen-bond donors (Lipinski definition) is 0. The zero-order chi connectivity index (χ0) is 22.9. The van der Waals surface area contributed by atoms with Crippen LogP contribution in [0.25, 0.3) is 6.08 Å². The number of thiocarbonyl (C=S) groups is 1. The van der Waals surface area contributed by atoms with E-state index in [0.717, 1.165) is 43.7 Å². The number of nitrogens with zero attached hydrogens (tertiary/aromatic N) is 4. The van der Waals surface area contributed by atoms with Crippen molar-refractivity contribution < 1.29 is 4.79 Å². The average Bonchev–Trinajstić information content (AvgIpc) is 2.99. The van der Waals surface area contributed by atoms with Gasteiger partial charge in [-0.15, -0.1) is 0 Å². The van der Waals surface area contributed by atoms with Gasteiger partial charge in [-0.25, -0.2) is 0 Å². The molecule has 1 aromatic heterocycles. The van der Waals surface area contributed by atoms with Crippen molar-refractivity contribution in [3.8, 4) is 6.07 Å². The predicted octanol–water partition coefficient (Wildman–Crippen LogP) is 4.28. The minimum Gasteiger partial charge on any atom is -0.357 e. The summed E-state index contributed by atoms with van der Waals surface area (Å²) in [6.07, 6.45) is 4.83. The Kier molecular flexibility index (Phi) is 7.28. The third-order valence-corrected chi connectivity index (χ3v) is 7.20. The molecule has 0 saturated carbocycles. The maximum atomic E-state index is 13.2. The van der Waals surface area contributed by atoms with Gasteiger partial charge in [-0.1, -0.05) is 37.8 Å². The molecule has 1 amide bonds. The van der Waals surface area contributed by atoms with E-state index in [1.54, 1.807) is 9.47 Å². The fourth-order valence-electron chi connectivity index (χ4n) is 4.35. The molecule has 1 atom stereocenters. The van der Waals surface area contributed by atoms with Gasteiger partial charge in [0.1, 0.15) is 21.8 Å². The number of hydrogen-bond acceptors (Lipinski definition) is 6. The highest BCUT2D eigenvalue weighted by Gasteiger charge is 2.35. The van der Waals surface area contributed by atoms with Crippen LogP contribution in [0.15, 0.2) is 9.70 Å². The molecule has 2 saturated heterocycles. The molecule has 1 aromatic rings. The van der Waals surface area contributed by atoms with Gasteiger partial charge in [0, 0.05) is 31.2 Å². The third-order valence-electron chi connectivity index (χ3n) is 5.87. The number of carbonyl (C=O) groups excluding carboxylic acids is 1. The molecular weight excluding hydrogens is 428 g/mol. The summed E-state index contributed by atoms with van der Waals surface area (Å²) in [5.41, 5.74) is 1.31. The number of carbonyl (C=O) groups is 1. The minimum absolute atomic E-state index is 0.0226. The van der Waals surface area contributed by atoms with Crippen molar-refractivity contribution in [3.05, 3.63) is 31.9 Å². The number of rotatable bonds is 5. The van der Waals surface area contributed by atoms with Crippen molar-refractivity contribution in [2.75, 3.05) is 18.0 Å². The Morgan fingerprint density at radius 1 is 1.35 bits per heavy atom. The van der Waals surface area contributed by atoms with Crippen LogP contribution in [-0.2, 0) is 11.3 Å². The number of nitriles is 1. The van der Waals surface area contributed by atoms with Crippen molar-refractivity contribution in [2.45, 2.75) is 66.5 Å². The monoisotopic (exact) mass is 458 g/mol. The smallest absolute Gasteiger partial charge is 0.270 e. The fourth-order valence-corrected chi connectivity index (χ4v) is 5.86. The number of thioether (sulfide) groups is 1. The number of anilines is 1. The summed E-state index contributed by atoms with van der Waals surface area (Å²) in [6, 6.07) is 2.08. The van der Waals surface area contributed by atoms with Crippen LogP contribution in [0.2, 0.25) is 0 Å². The normalized spacial score (nSPS) is 20.8. The standard InChI is InChI=1S/C23H30N4O2S2/c1-6-9-26-20(25-10-7-8-15(4)13-25)17(16(5)18(12-24)21(26)28)11-19-22(29)27(14(2)3)23(30)31-19/h11,14-15H,6-10,13H2,1-5H3/b19-11-. The van der Waals surface area contributed by atoms with Crippen LogP contribution in [0.4, 0.5) is 5.82 Å². The first-order valence-corrected chi connectivity index (χ1v) is 12.1. The van der Waals surface area contributed by atoms with Crippen LogP contribution in [0, 0.1) is 24.2 Å². The van der Waals surface area contributed by atoms with Gasteiger partial charge in [0.2, 0.25) is 0 Å². The predicted molar refractivity (Wildman–Crippen MR) is 131 cm³/mol. The van der Waals surface area contributed by atoms with E-state index in [2.05, 4.69) is 17.9 Å². The SMILES string of the molecule is CCCn1c(N2CCCC(C)C2)c(/C=C2\SC(=S)N(C(C)C)C2=O)c(C)c(C#N)c1=O. The third kappa shape index (κ3) is 4.44. The summed E-state index contributed by atoms with van der Waals surface area (Å²) in [6.45, 7) is 12.2. The van der Waals surface area contributed by atoms with E-state index in [-0.39, 0.29) is 23.1 Å². The number of piperidine rings is 1. The molecule has 166 valence electrons. The van der Waals surface area contributed by atoms with Crippen molar-refractivity contribution in [1.82, 2.24) is 9.47 Å². The first kappa shape index (κ1) is 23.6. The van der Waals surface area contributed by atoms with E-state index in [4.69, 9.17) is 12.2 Å². The highest BCUT2D eigenvalue weighted by Crippen LogP contribution is 2.37. The molecule has 0 bridgehead atoms. The van der Waals surface area contributed by atoms with E-state index < -0.39 is 0 Å². The van der Waals surface area contributed by atoms with E-state index in [0.29, 0.717) is 27.3 Å². The highest BCUT2D eigenvalue weighted by molar-refractivity contribution is 8.26. The van der Waals surface area contributed by atoms with E-state index in [1.807, 2.05) is 33.8 Å². The van der Waals surface area contributed by atoms with E-state index in [1.165, 1.54) is 11.8 Å². The summed E-state index contributed by atoms with van der Waals surface area (Å²) in [4.78, 5) is 30.7. The lowest BCUT2D eigenvalue weighted by Crippen LogP contribution is -2.40. The molecular formula is C23H30N4O2S2. The Labute approximate surface area is 193 Å². The molecule has 2 aliphatic heterocycles. The molecule has 6 nitrogen and oxygen atoms in total. The summed E-state index contributed by atoms with van der Waals surface area (Å²) in [5, 5.41) is 9.73. The molecule has 2 aliphatic rings. The molecule has 8 heteroatoms. The lowest BCUT2D eigenvalue weighted by atomic mass is 9.98. The Hall–Kier alpha value is -2.11. The van der Waals surface area contributed by atoms with Gasteiger partial charge in [-0.3, -0.25) is 19.1 Å². The fraction of sp³-hybridized carbons (Fsp3) is 0.565. The quantitative estimate of drug-likeness (QED) is 0.484. The number of amides is 1. The minimum atomic E-state index is -0.248. The summed E-state index contributed by atoms with van der Waals surface area (Å²) >= 11 is 6.73. The van der Waals surface area contributed by atoms with Crippen molar-refractivity contribution in [1.29, 1.82) is 5.26 Å². The second-order valence-electron chi connectivity index (χ2n) is 8.64. The number of pyridine rings is 1. The van der Waals surface area contributed by atoms with Gasteiger partial charge in [-0.2, -0.15) is 5.26 Å². The Morgan fingerprint density at radius 2 is 2.06 bits per heavy atom. The molecule has 0 radical (unpaired) electrons. The van der Waals surface area contributed by atoms with Gasteiger partial charge >= 0.3 is 0 Å². The maximum Gasteiger partial charge on any atom is 0.270 e. The maximum absolute atomic E-state index is 13.2. The number of aromatic nitrogens is 1. The second kappa shape index (κ2) is 9.58. The lowest BCUT2D eigenvalue weighted by Gasteiger charge is -2.36. The highest BCUT2D eigenvalue weighted by atomic mass is 32.2. The van der Waals surface area contributed by atoms with Crippen molar-refractivity contribution >= 4 is 46.1 Å². The second-order valence-corrected chi connectivity index (χ2v) is 10.3. The molecule has 0 N–H and O–H groups in total. The van der Waals surface area contributed by atoms with E-state index in [9.17, 15) is 14.9 Å². The molecule has 1 unspecified atom stereocenters. The zero-order valence-electron chi connectivity index (χ0n) is 18.9. The van der Waals surface area contributed by atoms with Gasteiger partial charge in [0.15, 0.2) is 0 Å². The van der Waals surface area contributed by atoms with Crippen molar-refractivity contribution in [3.63, 3.8) is 0 Å². The Morgan fingerprint density at radius 3 is 2.61 bits per heavy atom. The molecule has 0 spiro atoms.